The van der Waals surface area contributed by atoms with Crippen molar-refractivity contribution in [1.29, 1.82) is 0 Å². The quantitative estimate of drug-likeness (QED) is 0.174. The molecular formula is C26H43N3O5. The van der Waals surface area contributed by atoms with Crippen molar-refractivity contribution in [1.82, 2.24) is 9.55 Å². The molecule has 0 aromatic carbocycles. The van der Waals surface area contributed by atoms with E-state index in [-0.39, 0.29) is 25.0 Å². The Kier molecular flexibility index (Phi) is 14.3. The molecule has 0 aliphatic carbocycles. The molecule has 0 bridgehead atoms. The van der Waals surface area contributed by atoms with Crippen LogP contribution in [-0.2, 0) is 19.0 Å². The maximum atomic E-state index is 11.9. The number of nitrogens with zero attached hydrogens (tertiary/aromatic N) is 2. The summed E-state index contributed by atoms with van der Waals surface area (Å²) in [5.41, 5.74) is 4.99. The Morgan fingerprint density at radius 3 is 2.41 bits per heavy atom. The standard InChI is InChI=1S/C26H43N3O5/c1-2-3-4-5-6-7-8-9-10-11-12-13-14-15-16-17-24(30)32-21-25-33-20-23(34-25)29-19-18-22(27)28-26(29)31/h12-13,18-19,23,25H,2-11,14-17,20-21H2,1H3,(H2,27,28,31)/b13-12+. The van der Waals surface area contributed by atoms with E-state index in [0.29, 0.717) is 6.42 Å². The first-order chi connectivity index (χ1) is 16.6. The first kappa shape index (κ1) is 28.1. The molecule has 1 aromatic rings. The Morgan fingerprint density at radius 1 is 1.09 bits per heavy atom. The summed E-state index contributed by atoms with van der Waals surface area (Å²) in [6, 6.07) is 1.52. The molecule has 0 amide bonds. The molecule has 1 aliphatic heterocycles. The second-order valence-electron chi connectivity index (χ2n) is 8.91. The minimum atomic E-state index is -0.692. The number of rotatable bonds is 18. The largest absolute Gasteiger partial charge is 0.460 e. The van der Waals surface area contributed by atoms with E-state index in [4.69, 9.17) is 19.9 Å². The number of allylic oxidation sites excluding steroid dienone is 2. The van der Waals surface area contributed by atoms with Gasteiger partial charge in [-0.25, -0.2) is 4.79 Å². The number of aromatic nitrogens is 2. The van der Waals surface area contributed by atoms with E-state index in [0.717, 1.165) is 25.7 Å². The van der Waals surface area contributed by atoms with Crippen LogP contribution in [0.3, 0.4) is 0 Å². The zero-order chi connectivity index (χ0) is 24.4. The highest BCUT2D eigenvalue weighted by Gasteiger charge is 2.29. The van der Waals surface area contributed by atoms with Gasteiger partial charge < -0.3 is 19.9 Å². The van der Waals surface area contributed by atoms with Crippen LogP contribution < -0.4 is 11.4 Å². The van der Waals surface area contributed by atoms with E-state index in [1.165, 1.54) is 74.6 Å². The molecule has 34 heavy (non-hydrogen) atoms. The van der Waals surface area contributed by atoms with Crippen LogP contribution in [0.15, 0.2) is 29.2 Å². The number of hydrogen-bond donors (Lipinski definition) is 1. The predicted molar refractivity (Wildman–Crippen MR) is 133 cm³/mol. The number of anilines is 1. The number of nitrogen functional groups attached to an aromatic ring is 1. The van der Waals surface area contributed by atoms with E-state index < -0.39 is 18.2 Å². The zero-order valence-corrected chi connectivity index (χ0v) is 20.8. The van der Waals surface area contributed by atoms with Crippen LogP contribution in [-0.4, -0.2) is 35.0 Å². The highest BCUT2D eigenvalue weighted by Crippen LogP contribution is 2.20. The van der Waals surface area contributed by atoms with Gasteiger partial charge in [-0.1, -0.05) is 70.4 Å². The first-order valence-corrected chi connectivity index (χ1v) is 13.0. The highest BCUT2D eigenvalue weighted by atomic mass is 16.7. The van der Waals surface area contributed by atoms with Gasteiger partial charge in [0.1, 0.15) is 12.4 Å². The lowest BCUT2D eigenvalue weighted by atomic mass is 10.1. The summed E-state index contributed by atoms with van der Waals surface area (Å²) < 4.78 is 17.6. The topological polar surface area (TPSA) is 106 Å². The molecule has 2 rings (SSSR count). The Morgan fingerprint density at radius 2 is 1.74 bits per heavy atom. The minimum absolute atomic E-state index is 0.00509. The number of esters is 1. The van der Waals surface area contributed by atoms with Gasteiger partial charge in [0.15, 0.2) is 12.5 Å². The summed E-state index contributed by atoms with van der Waals surface area (Å²) >= 11 is 0. The molecule has 1 saturated heterocycles. The number of unbranched alkanes of at least 4 members (excludes halogenated alkanes) is 11. The second kappa shape index (κ2) is 17.3. The third-order valence-electron chi connectivity index (χ3n) is 5.92. The molecule has 192 valence electrons. The first-order valence-electron chi connectivity index (χ1n) is 13.0. The van der Waals surface area contributed by atoms with Crippen molar-refractivity contribution in [3.63, 3.8) is 0 Å². The Balaban J connectivity index is 1.42. The van der Waals surface area contributed by atoms with E-state index in [9.17, 15) is 9.59 Å². The van der Waals surface area contributed by atoms with Gasteiger partial charge in [-0.05, 0) is 38.2 Å². The molecule has 1 fully saturated rings. The van der Waals surface area contributed by atoms with Crippen LogP contribution in [0.1, 0.15) is 103 Å². The average Bonchev–Trinajstić information content (AvgIpc) is 3.29. The maximum Gasteiger partial charge on any atom is 0.351 e. The molecule has 0 spiro atoms. The third-order valence-corrected chi connectivity index (χ3v) is 5.92. The number of carbonyl (C=O) groups excluding carboxylic acids is 1. The van der Waals surface area contributed by atoms with Crippen LogP contribution in [0.25, 0.3) is 0 Å². The number of hydrogen-bond acceptors (Lipinski definition) is 7. The van der Waals surface area contributed by atoms with Crippen molar-refractivity contribution in [2.75, 3.05) is 18.9 Å². The lowest BCUT2D eigenvalue weighted by molar-refractivity contribution is -0.159. The van der Waals surface area contributed by atoms with Gasteiger partial charge in [0.25, 0.3) is 0 Å². The average molecular weight is 478 g/mol. The van der Waals surface area contributed by atoms with Crippen molar-refractivity contribution in [3.05, 3.63) is 34.9 Å². The number of carbonyl (C=O) groups is 1. The maximum absolute atomic E-state index is 11.9. The third kappa shape index (κ3) is 11.8. The normalized spacial score (nSPS) is 18.0. The van der Waals surface area contributed by atoms with Crippen molar-refractivity contribution >= 4 is 11.8 Å². The van der Waals surface area contributed by atoms with Crippen molar-refractivity contribution in [3.8, 4) is 0 Å². The zero-order valence-electron chi connectivity index (χ0n) is 20.8. The summed E-state index contributed by atoms with van der Waals surface area (Å²) in [5, 5.41) is 0. The molecule has 2 atom stereocenters. The molecule has 1 aromatic heterocycles. The van der Waals surface area contributed by atoms with E-state index in [1.54, 1.807) is 0 Å². The van der Waals surface area contributed by atoms with Gasteiger partial charge in [-0.15, -0.1) is 0 Å². The fourth-order valence-corrected chi connectivity index (χ4v) is 3.89. The Hall–Kier alpha value is -2.19. The molecule has 2 N–H and O–H groups in total. The summed E-state index contributed by atoms with van der Waals surface area (Å²) in [7, 11) is 0. The summed E-state index contributed by atoms with van der Waals surface area (Å²) in [5.74, 6) is -0.111. The molecule has 2 unspecified atom stereocenters. The van der Waals surface area contributed by atoms with Gasteiger partial charge in [0.05, 0.1) is 6.61 Å². The van der Waals surface area contributed by atoms with Gasteiger partial charge in [0, 0.05) is 12.6 Å². The predicted octanol–water partition coefficient (Wildman–Crippen LogP) is 5.28. The summed E-state index contributed by atoms with van der Waals surface area (Å²) in [4.78, 5) is 27.5. The van der Waals surface area contributed by atoms with Gasteiger partial charge in [-0.2, -0.15) is 4.98 Å². The second-order valence-corrected chi connectivity index (χ2v) is 8.91. The van der Waals surface area contributed by atoms with Gasteiger partial charge in [0.2, 0.25) is 0 Å². The summed E-state index contributed by atoms with van der Waals surface area (Å²) in [6.07, 6.45) is 21.2. The van der Waals surface area contributed by atoms with Gasteiger partial charge in [-0.3, -0.25) is 9.36 Å². The highest BCUT2D eigenvalue weighted by molar-refractivity contribution is 5.69. The number of ether oxygens (including phenoxy) is 3. The molecule has 0 radical (unpaired) electrons. The van der Waals surface area contributed by atoms with Crippen LogP contribution in [0, 0.1) is 0 Å². The minimum Gasteiger partial charge on any atom is -0.460 e. The Labute approximate surface area is 203 Å². The molecule has 1 aliphatic rings. The molecular weight excluding hydrogens is 434 g/mol. The van der Waals surface area contributed by atoms with Crippen molar-refractivity contribution in [2.45, 2.75) is 109 Å². The molecule has 8 nitrogen and oxygen atoms in total. The fourth-order valence-electron chi connectivity index (χ4n) is 3.89. The van der Waals surface area contributed by atoms with Gasteiger partial charge >= 0.3 is 11.7 Å². The molecule has 8 heteroatoms. The smallest absolute Gasteiger partial charge is 0.351 e. The van der Waals surface area contributed by atoms with E-state index in [1.807, 2.05) is 0 Å². The lowest BCUT2D eigenvalue weighted by Gasteiger charge is -2.13. The lowest BCUT2D eigenvalue weighted by Crippen LogP contribution is -2.29. The van der Waals surface area contributed by atoms with Crippen LogP contribution in [0.5, 0.6) is 0 Å². The summed E-state index contributed by atoms with van der Waals surface area (Å²) in [6.45, 7) is 2.44. The van der Waals surface area contributed by atoms with Crippen molar-refractivity contribution in [2.24, 2.45) is 0 Å². The number of nitrogens with two attached hydrogens (primary N) is 1. The molecule has 0 saturated carbocycles. The Bertz CT molecular complexity index is 780. The van der Waals surface area contributed by atoms with Crippen LogP contribution >= 0.6 is 0 Å². The SMILES string of the molecule is CCCCCCCCCCC/C=C/CCCCC(=O)OCC1OCC(n2ccc(N)nc2=O)O1. The van der Waals surface area contributed by atoms with E-state index >= 15 is 0 Å². The van der Waals surface area contributed by atoms with Crippen LogP contribution in [0.4, 0.5) is 5.82 Å². The van der Waals surface area contributed by atoms with E-state index in [2.05, 4.69) is 24.1 Å². The monoisotopic (exact) mass is 477 g/mol. The molecule has 2 heterocycles. The van der Waals surface area contributed by atoms with Crippen LogP contribution in [0.2, 0.25) is 0 Å². The fraction of sp³-hybridized carbons (Fsp3) is 0.731. The van der Waals surface area contributed by atoms with Crippen molar-refractivity contribution < 1.29 is 19.0 Å².